The second-order valence-corrected chi connectivity index (χ2v) is 5.77. The van der Waals surface area contributed by atoms with Crippen LogP contribution in [0.1, 0.15) is 5.01 Å². The number of hydrogen-bond acceptors (Lipinski definition) is 3. The van der Waals surface area contributed by atoms with Crippen molar-refractivity contribution in [1.29, 1.82) is 0 Å². The Kier molecular flexibility index (Phi) is 4.19. The van der Waals surface area contributed by atoms with Gasteiger partial charge in [-0.25, -0.2) is 0 Å². The molecule has 16 heavy (non-hydrogen) atoms. The topological polar surface area (TPSA) is 25.8 Å². The van der Waals surface area contributed by atoms with Crippen LogP contribution in [-0.2, 0) is 6.42 Å². The van der Waals surface area contributed by atoms with Crippen molar-refractivity contribution in [2.75, 3.05) is 5.88 Å². The Morgan fingerprint density at radius 2 is 2.12 bits per heavy atom. The molecule has 0 aliphatic heterocycles. The number of rotatable bonds is 3. The molecule has 0 spiro atoms. The zero-order valence-corrected chi connectivity index (χ0v) is 12.0. The van der Waals surface area contributed by atoms with Crippen molar-refractivity contribution in [3.8, 4) is 10.6 Å². The number of hydrogen-bond donors (Lipinski definition) is 0. The summed E-state index contributed by atoms with van der Waals surface area (Å²) in [5.41, 5.74) is 0.978. The van der Waals surface area contributed by atoms with Gasteiger partial charge in [0.25, 0.3) is 0 Å². The fraction of sp³-hybridized carbons (Fsp3) is 0.200. The summed E-state index contributed by atoms with van der Waals surface area (Å²) in [6.45, 7) is 0. The van der Waals surface area contributed by atoms with Crippen molar-refractivity contribution in [2.45, 2.75) is 6.42 Å². The maximum absolute atomic E-state index is 6.02. The summed E-state index contributed by atoms with van der Waals surface area (Å²) in [5.74, 6) is 0.565. The molecule has 0 saturated heterocycles. The van der Waals surface area contributed by atoms with Gasteiger partial charge in [0.15, 0.2) is 0 Å². The lowest BCUT2D eigenvalue weighted by molar-refractivity contribution is 0.990. The van der Waals surface area contributed by atoms with Gasteiger partial charge < -0.3 is 0 Å². The van der Waals surface area contributed by atoms with Crippen molar-refractivity contribution < 1.29 is 0 Å². The maximum Gasteiger partial charge on any atom is 0.147 e. The van der Waals surface area contributed by atoms with Crippen LogP contribution >= 0.6 is 50.5 Å². The number of aromatic nitrogens is 2. The van der Waals surface area contributed by atoms with Crippen LogP contribution in [0.15, 0.2) is 22.7 Å². The van der Waals surface area contributed by atoms with E-state index in [2.05, 4.69) is 26.1 Å². The van der Waals surface area contributed by atoms with Crippen LogP contribution in [0.3, 0.4) is 0 Å². The quantitative estimate of drug-likeness (QED) is 0.775. The fourth-order valence-corrected chi connectivity index (χ4v) is 2.73. The summed E-state index contributed by atoms with van der Waals surface area (Å²) in [5, 5.41) is 10.7. The Bertz CT molecular complexity index is 501. The minimum atomic E-state index is 0.565. The summed E-state index contributed by atoms with van der Waals surface area (Å²) in [6.07, 6.45) is 0.753. The molecule has 0 atom stereocenters. The van der Waals surface area contributed by atoms with E-state index in [4.69, 9.17) is 23.2 Å². The lowest BCUT2D eigenvalue weighted by Crippen LogP contribution is -1.83. The fourth-order valence-electron chi connectivity index (χ4n) is 1.18. The van der Waals surface area contributed by atoms with E-state index in [1.807, 2.05) is 18.2 Å². The van der Waals surface area contributed by atoms with E-state index in [9.17, 15) is 0 Å². The molecule has 84 valence electrons. The molecule has 0 unspecified atom stereocenters. The molecule has 6 heteroatoms. The summed E-state index contributed by atoms with van der Waals surface area (Å²) >= 11 is 16.6. The van der Waals surface area contributed by atoms with Crippen LogP contribution in [0.5, 0.6) is 0 Å². The molecule has 1 heterocycles. The van der Waals surface area contributed by atoms with Gasteiger partial charge in [-0.05, 0) is 28.1 Å². The molecule has 0 N–H and O–H groups in total. The number of halogens is 3. The molecule has 2 rings (SSSR count). The minimum Gasteiger partial charge on any atom is -0.143 e. The van der Waals surface area contributed by atoms with Crippen molar-refractivity contribution in [1.82, 2.24) is 10.2 Å². The minimum absolute atomic E-state index is 0.565. The van der Waals surface area contributed by atoms with E-state index in [1.165, 1.54) is 0 Å². The highest BCUT2D eigenvalue weighted by Gasteiger charge is 2.07. The number of benzene rings is 1. The molecule has 2 nitrogen and oxygen atoms in total. The van der Waals surface area contributed by atoms with Gasteiger partial charge in [-0.1, -0.05) is 29.0 Å². The Hall–Kier alpha value is -0.160. The average Bonchev–Trinajstić information content (AvgIpc) is 2.71. The second kappa shape index (κ2) is 5.45. The maximum atomic E-state index is 6.02. The molecule has 2 aromatic rings. The number of aryl methyl sites for hydroxylation is 1. The molecule has 0 aliphatic rings. The van der Waals surface area contributed by atoms with Gasteiger partial charge in [0.05, 0.1) is 5.02 Å². The highest BCUT2D eigenvalue weighted by molar-refractivity contribution is 9.10. The predicted octanol–water partition coefficient (Wildman–Crippen LogP) is 4.40. The Morgan fingerprint density at radius 3 is 2.81 bits per heavy atom. The predicted molar refractivity (Wildman–Crippen MR) is 72.5 cm³/mol. The van der Waals surface area contributed by atoms with Crippen LogP contribution in [0.25, 0.3) is 10.6 Å². The Labute approximate surface area is 116 Å². The molecule has 0 aliphatic carbocycles. The third-order valence-electron chi connectivity index (χ3n) is 1.94. The first kappa shape index (κ1) is 12.3. The van der Waals surface area contributed by atoms with Gasteiger partial charge in [0, 0.05) is 22.3 Å². The van der Waals surface area contributed by atoms with Crippen LogP contribution < -0.4 is 0 Å². The van der Waals surface area contributed by atoms with Crippen molar-refractivity contribution in [3.05, 3.63) is 32.7 Å². The first-order chi connectivity index (χ1) is 7.70. The molecule has 1 aromatic heterocycles. The van der Waals surface area contributed by atoms with Gasteiger partial charge in [0.1, 0.15) is 10.0 Å². The first-order valence-corrected chi connectivity index (χ1v) is 7.06. The van der Waals surface area contributed by atoms with Gasteiger partial charge in [-0.3, -0.25) is 0 Å². The molecule has 1 aromatic carbocycles. The van der Waals surface area contributed by atoms with Crippen LogP contribution in [-0.4, -0.2) is 16.1 Å². The smallest absolute Gasteiger partial charge is 0.143 e. The zero-order valence-electron chi connectivity index (χ0n) is 8.08. The summed E-state index contributed by atoms with van der Waals surface area (Å²) in [6, 6.07) is 5.73. The molecular weight excluding hydrogens is 331 g/mol. The Morgan fingerprint density at radius 1 is 1.31 bits per heavy atom. The van der Waals surface area contributed by atoms with E-state index in [1.54, 1.807) is 11.3 Å². The zero-order chi connectivity index (χ0) is 11.5. The van der Waals surface area contributed by atoms with Crippen LogP contribution in [0.2, 0.25) is 5.02 Å². The molecule has 0 bridgehead atoms. The third-order valence-corrected chi connectivity index (χ3v) is 4.40. The average molecular weight is 338 g/mol. The lowest BCUT2D eigenvalue weighted by Gasteiger charge is -1.98. The molecular formula is C10H7BrCl2N2S. The van der Waals surface area contributed by atoms with E-state index in [0.717, 1.165) is 26.5 Å². The van der Waals surface area contributed by atoms with Crippen molar-refractivity contribution in [2.24, 2.45) is 0 Å². The lowest BCUT2D eigenvalue weighted by atomic mass is 10.2. The van der Waals surface area contributed by atoms with Crippen LogP contribution in [0.4, 0.5) is 0 Å². The van der Waals surface area contributed by atoms with E-state index < -0.39 is 0 Å². The molecule has 0 radical (unpaired) electrons. The molecule has 0 amide bonds. The normalized spacial score (nSPS) is 10.7. The van der Waals surface area contributed by atoms with E-state index in [-0.39, 0.29) is 0 Å². The summed E-state index contributed by atoms with van der Waals surface area (Å²) in [7, 11) is 0. The summed E-state index contributed by atoms with van der Waals surface area (Å²) < 4.78 is 0.878. The summed E-state index contributed by atoms with van der Waals surface area (Å²) in [4.78, 5) is 0. The highest BCUT2D eigenvalue weighted by atomic mass is 79.9. The van der Waals surface area contributed by atoms with Gasteiger partial charge in [-0.2, -0.15) is 0 Å². The Balaban J connectivity index is 2.31. The molecule has 0 saturated carbocycles. The van der Waals surface area contributed by atoms with Crippen molar-refractivity contribution in [3.63, 3.8) is 0 Å². The standard InChI is InChI=1S/C10H7BrCl2N2S/c11-7-2-1-6(5-8(7)13)10-15-14-9(16-10)3-4-12/h1-2,5H,3-4H2. The van der Waals surface area contributed by atoms with E-state index in [0.29, 0.717) is 10.9 Å². The van der Waals surface area contributed by atoms with Crippen molar-refractivity contribution >= 4 is 50.5 Å². The molecule has 0 fully saturated rings. The number of nitrogens with zero attached hydrogens (tertiary/aromatic N) is 2. The monoisotopic (exact) mass is 336 g/mol. The van der Waals surface area contributed by atoms with Gasteiger partial charge in [0.2, 0.25) is 0 Å². The van der Waals surface area contributed by atoms with Gasteiger partial charge in [-0.15, -0.1) is 21.8 Å². The van der Waals surface area contributed by atoms with Crippen LogP contribution in [0, 0.1) is 0 Å². The van der Waals surface area contributed by atoms with Gasteiger partial charge >= 0.3 is 0 Å². The third kappa shape index (κ3) is 2.74. The second-order valence-electron chi connectivity index (χ2n) is 3.07. The largest absolute Gasteiger partial charge is 0.147 e. The highest BCUT2D eigenvalue weighted by Crippen LogP contribution is 2.30. The SMILES string of the molecule is ClCCc1nnc(-c2ccc(Br)c(Cl)c2)s1. The number of alkyl halides is 1. The first-order valence-electron chi connectivity index (χ1n) is 4.54. The van der Waals surface area contributed by atoms with E-state index >= 15 is 0 Å².